The van der Waals surface area contributed by atoms with Gasteiger partial charge in [0.15, 0.2) is 0 Å². The van der Waals surface area contributed by atoms with Gasteiger partial charge in [-0.15, -0.1) is 12.4 Å². The van der Waals surface area contributed by atoms with Crippen LogP contribution in [-0.2, 0) is 6.42 Å². The summed E-state index contributed by atoms with van der Waals surface area (Å²) in [4.78, 5) is 0. The summed E-state index contributed by atoms with van der Waals surface area (Å²) in [5, 5.41) is 19.2. The molecule has 0 fully saturated rings. The zero-order valence-corrected chi connectivity index (χ0v) is 17.2. The minimum atomic E-state index is -0.977. The van der Waals surface area contributed by atoms with Crippen molar-refractivity contribution in [2.75, 3.05) is 19.8 Å². The summed E-state index contributed by atoms with van der Waals surface area (Å²) in [6.45, 7) is 2.36. The fourth-order valence-corrected chi connectivity index (χ4v) is 2.87. The standard InChI is InChI=1S/C21H28ClNO3.ClH/c1-2-3-12-26-19-8-6-16(7-9-19)18-5-4-17(20(22)13-18)10-11-21(23,14-24)15-25;/h4-9,13,24-25H,2-3,10-12,14-15,23H2,1H3;1H. The molecule has 4 N–H and O–H groups in total. The Hall–Kier alpha value is -1.30. The topological polar surface area (TPSA) is 75.7 Å². The maximum absolute atomic E-state index is 9.29. The van der Waals surface area contributed by atoms with Gasteiger partial charge < -0.3 is 20.7 Å². The molecule has 0 radical (unpaired) electrons. The van der Waals surface area contributed by atoms with Crippen molar-refractivity contribution in [1.29, 1.82) is 0 Å². The number of halogens is 2. The molecule has 4 nitrogen and oxygen atoms in total. The number of unbranched alkanes of at least 4 members (excludes halogenated alkanes) is 1. The lowest BCUT2D eigenvalue weighted by Gasteiger charge is -2.24. The first kappa shape index (κ1) is 23.7. The van der Waals surface area contributed by atoms with Gasteiger partial charge in [0.05, 0.1) is 25.4 Å². The van der Waals surface area contributed by atoms with Crippen molar-refractivity contribution < 1.29 is 14.9 Å². The summed E-state index contributed by atoms with van der Waals surface area (Å²) in [7, 11) is 0. The van der Waals surface area contributed by atoms with E-state index in [9.17, 15) is 10.2 Å². The monoisotopic (exact) mass is 413 g/mol. The third-order valence-electron chi connectivity index (χ3n) is 4.53. The van der Waals surface area contributed by atoms with Crippen LogP contribution < -0.4 is 10.5 Å². The van der Waals surface area contributed by atoms with Gasteiger partial charge in [0, 0.05) is 5.02 Å². The Labute approximate surface area is 172 Å². The number of rotatable bonds is 10. The summed E-state index contributed by atoms with van der Waals surface area (Å²) < 4.78 is 5.69. The summed E-state index contributed by atoms with van der Waals surface area (Å²) in [6, 6.07) is 13.9. The van der Waals surface area contributed by atoms with E-state index in [1.54, 1.807) is 0 Å². The molecule has 27 heavy (non-hydrogen) atoms. The van der Waals surface area contributed by atoms with E-state index in [-0.39, 0.29) is 25.6 Å². The van der Waals surface area contributed by atoms with E-state index in [4.69, 9.17) is 22.1 Å². The molecule has 6 heteroatoms. The predicted molar refractivity (Wildman–Crippen MR) is 114 cm³/mol. The molecular formula is C21H29Cl2NO3. The van der Waals surface area contributed by atoms with Crippen LogP contribution in [0, 0.1) is 0 Å². The molecule has 0 aliphatic rings. The molecule has 0 atom stereocenters. The number of ether oxygens (including phenoxy) is 1. The number of aliphatic hydroxyl groups is 2. The van der Waals surface area contributed by atoms with Crippen molar-refractivity contribution in [3.8, 4) is 16.9 Å². The van der Waals surface area contributed by atoms with E-state index in [0.717, 1.165) is 41.9 Å². The van der Waals surface area contributed by atoms with Gasteiger partial charge in [0.1, 0.15) is 5.75 Å². The highest BCUT2D eigenvalue weighted by Crippen LogP contribution is 2.28. The van der Waals surface area contributed by atoms with Gasteiger partial charge >= 0.3 is 0 Å². The number of aliphatic hydroxyl groups excluding tert-OH is 2. The van der Waals surface area contributed by atoms with E-state index >= 15 is 0 Å². The van der Waals surface area contributed by atoms with Gasteiger partial charge in [0.25, 0.3) is 0 Å². The van der Waals surface area contributed by atoms with Crippen LogP contribution in [0.15, 0.2) is 42.5 Å². The molecule has 0 aliphatic heterocycles. The molecule has 2 rings (SSSR count). The van der Waals surface area contributed by atoms with Crippen LogP contribution >= 0.6 is 24.0 Å². The van der Waals surface area contributed by atoms with Gasteiger partial charge in [0.2, 0.25) is 0 Å². The largest absolute Gasteiger partial charge is 0.494 e. The van der Waals surface area contributed by atoms with Crippen molar-refractivity contribution in [1.82, 2.24) is 0 Å². The average Bonchev–Trinajstić information content (AvgIpc) is 2.67. The van der Waals surface area contributed by atoms with Gasteiger partial charge in [-0.1, -0.05) is 49.2 Å². The molecule has 2 aromatic rings. The quantitative estimate of drug-likeness (QED) is 0.509. The van der Waals surface area contributed by atoms with Crippen molar-refractivity contribution in [2.24, 2.45) is 5.73 Å². The number of hydrogen-bond donors (Lipinski definition) is 3. The molecule has 0 spiro atoms. The SMILES string of the molecule is CCCCOc1ccc(-c2ccc(CCC(N)(CO)CO)c(Cl)c2)cc1.Cl. The first-order valence-electron chi connectivity index (χ1n) is 9.03. The number of hydrogen-bond acceptors (Lipinski definition) is 4. The summed E-state index contributed by atoms with van der Waals surface area (Å²) in [5.41, 5.74) is 7.99. The minimum absolute atomic E-state index is 0. The molecule has 150 valence electrons. The Morgan fingerprint density at radius 3 is 2.22 bits per heavy atom. The van der Waals surface area contributed by atoms with Gasteiger partial charge in [-0.05, 0) is 54.2 Å². The number of aryl methyl sites for hydroxylation is 1. The van der Waals surface area contributed by atoms with Crippen molar-refractivity contribution in [2.45, 2.75) is 38.1 Å². The van der Waals surface area contributed by atoms with Crippen molar-refractivity contribution in [3.05, 3.63) is 53.1 Å². The van der Waals surface area contributed by atoms with Gasteiger partial charge in [-0.25, -0.2) is 0 Å². The van der Waals surface area contributed by atoms with E-state index < -0.39 is 5.54 Å². The Morgan fingerprint density at radius 2 is 1.67 bits per heavy atom. The summed E-state index contributed by atoms with van der Waals surface area (Å²) in [6.07, 6.45) is 3.23. The lowest BCUT2D eigenvalue weighted by Crippen LogP contribution is -2.47. The Morgan fingerprint density at radius 1 is 1.04 bits per heavy atom. The van der Waals surface area contributed by atoms with E-state index in [1.807, 2.05) is 42.5 Å². The Balaban J connectivity index is 0.00000364. The van der Waals surface area contributed by atoms with E-state index in [2.05, 4.69) is 6.92 Å². The lowest BCUT2D eigenvalue weighted by molar-refractivity contribution is 0.115. The van der Waals surface area contributed by atoms with Crippen molar-refractivity contribution >= 4 is 24.0 Å². The second-order valence-corrected chi connectivity index (χ2v) is 7.12. The van der Waals surface area contributed by atoms with Crippen LogP contribution in [0.1, 0.15) is 31.7 Å². The second kappa shape index (κ2) is 11.5. The molecule has 2 aromatic carbocycles. The molecule has 0 amide bonds. The summed E-state index contributed by atoms with van der Waals surface area (Å²) >= 11 is 6.42. The third kappa shape index (κ3) is 6.98. The predicted octanol–water partition coefficient (Wildman–Crippen LogP) is 4.22. The van der Waals surface area contributed by atoms with Gasteiger partial charge in [-0.2, -0.15) is 0 Å². The van der Waals surface area contributed by atoms with Crippen molar-refractivity contribution in [3.63, 3.8) is 0 Å². The molecule has 0 saturated carbocycles. The molecule has 0 saturated heterocycles. The first-order chi connectivity index (χ1) is 12.5. The second-order valence-electron chi connectivity index (χ2n) is 6.71. The van der Waals surface area contributed by atoms with Crippen LogP contribution in [0.25, 0.3) is 11.1 Å². The Bertz CT molecular complexity index is 688. The molecule has 0 unspecified atom stereocenters. The highest BCUT2D eigenvalue weighted by atomic mass is 35.5. The highest BCUT2D eigenvalue weighted by molar-refractivity contribution is 6.31. The molecule has 0 heterocycles. The van der Waals surface area contributed by atoms with Crippen LogP contribution in [0.2, 0.25) is 5.02 Å². The maximum atomic E-state index is 9.29. The van der Waals surface area contributed by atoms with Gasteiger partial charge in [-0.3, -0.25) is 0 Å². The summed E-state index contributed by atoms with van der Waals surface area (Å²) in [5.74, 6) is 0.872. The first-order valence-corrected chi connectivity index (χ1v) is 9.41. The zero-order chi connectivity index (χ0) is 19.0. The molecule has 0 aromatic heterocycles. The van der Waals surface area contributed by atoms with Crippen LogP contribution in [0.5, 0.6) is 5.75 Å². The third-order valence-corrected chi connectivity index (χ3v) is 4.88. The fraction of sp³-hybridized carbons (Fsp3) is 0.429. The average molecular weight is 414 g/mol. The molecular weight excluding hydrogens is 385 g/mol. The van der Waals surface area contributed by atoms with Crippen LogP contribution in [0.4, 0.5) is 0 Å². The zero-order valence-electron chi connectivity index (χ0n) is 15.7. The van der Waals surface area contributed by atoms with Crippen LogP contribution in [-0.4, -0.2) is 35.6 Å². The fourth-order valence-electron chi connectivity index (χ4n) is 2.60. The Kier molecular flexibility index (Phi) is 10.1. The van der Waals surface area contributed by atoms with E-state index in [1.165, 1.54) is 0 Å². The maximum Gasteiger partial charge on any atom is 0.119 e. The number of nitrogens with two attached hydrogens (primary N) is 1. The molecule has 0 aliphatic carbocycles. The smallest absolute Gasteiger partial charge is 0.119 e. The highest BCUT2D eigenvalue weighted by Gasteiger charge is 2.23. The van der Waals surface area contributed by atoms with Crippen LogP contribution in [0.3, 0.4) is 0 Å². The normalized spacial score (nSPS) is 11.1. The minimum Gasteiger partial charge on any atom is -0.494 e. The molecule has 0 bridgehead atoms. The lowest BCUT2D eigenvalue weighted by atomic mass is 9.93. The van der Waals surface area contributed by atoms with E-state index in [0.29, 0.717) is 17.9 Å². The number of benzene rings is 2.